The molecule has 3 N–H and O–H groups in total. The van der Waals surface area contributed by atoms with Gasteiger partial charge in [0.15, 0.2) is 0 Å². The Balaban J connectivity index is 2.49. The summed E-state index contributed by atoms with van der Waals surface area (Å²) < 4.78 is 0. The molecule has 0 saturated heterocycles. The molecule has 1 rings (SSSR count). The third-order valence-corrected chi connectivity index (χ3v) is 2.26. The first-order valence-electron chi connectivity index (χ1n) is 5.04. The highest BCUT2D eigenvalue weighted by atomic mass is 16.7. The molecule has 0 saturated carbocycles. The first-order chi connectivity index (χ1) is 8.17. The number of nitriles is 1. The number of hydrogen-bond donors (Lipinski definition) is 2. The standard InChI is InChI=1S/C11H14N4O2/c1-15(7-6-11(16)17-14-13)10-4-2-9(8-12)3-5-10/h2-5,14H,6-7,13H2,1H3. The van der Waals surface area contributed by atoms with Gasteiger partial charge < -0.3 is 9.74 Å². The van der Waals surface area contributed by atoms with Crippen molar-refractivity contribution in [1.29, 1.82) is 5.26 Å². The molecule has 1 aromatic carbocycles. The van der Waals surface area contributed by atoms with Crippen LogP contribution in [0, 0.1) is 11.3 Å². The average molecular weight is 234 g/mol. The Hall–Kier alpha value is -2.10. The van der Waals surface area contributed by atoms with Crippen LogP contribution in [0.5, 0.6) is 0 Å². The minimum atomic E-state index is -0.423. The quantitative estimate of drug-likeness (QED) is 0.562. The lowest BCUT2D eigenvalue weighted by Crippen LogP contribution is -2.29. The van der Waals surface area contributed by atoms with E-state index in [1.807, 2.05) is 35.7 Å². The number of benzene rings is 1. The predicted molar refractivity (Wildman–Crippen MR) is 62.5 cm³/mol. The van der Waals surface area contributed by atoms with Crippen molar-refractivity contribution >= 4 is 11.7 Å². The summed E-state index contributed by atoms with van der Waals surface area (Å²) in [5, 5.41) is 8.66. The summed E-state index contributed by atoms with van der Waals surface area (Å²) in [5.41, 5.74) is 3.38. The molecule has 0 unspecified atom stereocenters. The summed E-state index contributed by atoms with van der Waals surface area (Å²) in [4.78, 5) is 17.3. The highest BCUT2D eigenvalue weighted by Crippen LogP contribution is 2.13. The van der Waals surface area contributed by atoms with Crippen LogP contribution in [0.4, 0.5) is 5.69 Å². The molecule has 17 heavy (non-hydrogen) atoms. The second-order valence-electron chi connectivity index (χ2n) is 3.42. The molecule has 0 amide bonds. The van der Waals surface area contributed by atoms with Crippen LogP contribution in [0.1, 0.15) is 12.0 Å². The SMILES string of the molecule is CN(CCC(=O)ONN)c1ccc(C#N)cc1. The monoisotopic (exact) mass is 234 g/mol. The van der Waals surface area contributed by atoms with E-state index in [4.69, 9.17) is 11.1 Å². The van der Waals surface area contributed by atoms with Gasteiger partial charge in [0, 0.05) is 19.3 Å². The van der Waals surface area contributed by atoms with Gasteiger partial charge in [-0.1, -0.05) is 5.59 Å². The maximum absolute atomic E-state index is 11.0. The van der Waals surface area contributed by atoms with Crippen molar-refractivity contribution in [3.05, 3.63) is 29.8 Å². The number of hydrazine groups is 1. The Kier molecular flexibility index (Phi) is 4.94. The molecule has 0 fully saturated rings. The van der Waals surface area contributed by atoms with Gasteiger partial charge in [-0.05, 0) is 24.3 Å². The highest BCUT2D eigenvalue weighted by Gasteiger charge is 2.06. The van der Waals surface area contributed by atoms with Crippen LogP contribution in [-0.4, -0.2) is 19.6 Å². The Morgan fingerprint density at radius 3 is 2.71 bits per heavy atom. The molecule has 6 heteroatoms. The lowest BCUT2D eigenvalue weighted by Gasteiger charge is -2.18. The Morgan fingerprint density at radius 1 is 1.53 bits per heavy atom. The molecule has 90 valence electrons. The van der Waals surface area contributed by atoms with Gasteiger partial charge in [-0.25, -0.2) is 5.84 Å². The van der Waals surface area contributed by atoms with Gasteiger partial charge in [0.05, 0.1) is 18.1 Å². The lowest BCUT2D eigenvalue weighted by molar-refractivity contribution is -0.150. The molecule has 0 aliphatic carbocycles. The number of hydrogen-bond acceptors (Lipinski definition) is 6. The number of carbonyl (C=O) groups is 1. The molecule has 0 radical (unpaired) electrons. The molecule has 0 bridgehead atoms. The van der Waals surface area contributed by atoms with Crippen molar-refractivity contribution in [3.63, 3.8) is 0 Å². The van der Waals surface area contributed by atoms with E-state index < -0.39 is 5.97 Å². The largest absolute Gasteiger partial charge is 0.374 e. The smallest absolute Gasteiger partial charge is 0.328 e. The van der Waals surface area contributed by atoms with Gasteiger partial charge in [-0.3, -0.25) is 4.79 Å². The van der Waals surface area contributed by atoms with Gasteiger partial charge >= 0.3 is 5.97 Å². The lowest BCUT2D eigenvalue weighted by atomic mass is 10.2. The fourth-order valence-corrected chi connectivity index (χ4v) is 1.30. The van der Waals surface area contributed by atoms with Crippen molar-refractivity contribution in [3.8, 4) is 6.07 Å². The zero-order valence-electron chi connectivity index (χ0n) is 9.51. The van der Waals surface area contributed by atoms with Crippen molar-refractivity contribution in [2.24, 2.45) is 5.84 Å². The molecule has 0 spiro atoms. The van der Waals surface area contributed by atoms with Crippen LogP contribution in [-0.2, 0) is 9.63 Å². The normalized spacial score (nSPS) is 9.47. The van der Waals surface area contributed by atoms with E-state index in [9.17, 15) is 4.79 Å². The van der Waals surface area contributed by atoms with Crippen LogP contribution >= 0.6 is 0 Å². The van der Waals surface area contributed by atoms with E-state index in [0.29, 0.717) is 12.1 Å². The molecule has 0 heterocycles. The van der Waals surface area contributed by atoms with Crippen LogP contribution < -0.4 is 16.3 Å². The minimum Gasteiger partial charge on any atom is -0.374 e. The summed E-state index contributed by atoms with van der Waals surface area (Å²) in [5.74, 6) is 4.42. The topological polar surface area (TPSA) is 91.4 Å². The van der Waals surface area contributed by atoms with E-state index in [0.717, 1.165) is 5.69 Å². The van der Waals surface area contributed by atoms with Crippen molar-refractivity contribution in [2.75, 3.05) is 18.5 Å². The van der Waals surface area contributed by atoms with Gasteiger partial charge in [-0.15, -0.1) is 0 Å². The molecular weight excluding hydrogens is 220 g/mol. The third-order valence-electron chi connectivity index (χ3n) is 2.26. The summed E-state index contributed by atoms with van der Waals surface area (Å²) in [6, 6.07) is 9.15. The maximum atomic E-state index is 11.0. The van der Waals surface area contributed by atoms with Gasteiger partial charge in [0.1, 0.15) is 0 Å². The Morgan fingerprint density at radius 2 is 2.18 bits per heavy atom. The van der Waals surface area contributed by atoms with Gasteiger partial charge in [0.25, 0.3) is 0 Å². The number of nitrogens with one attached hydrogen (secondary N) is 1. The average Bonchev–Trinajstić information content (AvgIpc) is 2.36. The molecule has 0 aromatic heterocycles. The minimum absolute atomic E-state index is 0.223. The van der Waals surface area contributed by atoms with E-state index in [-0.39, 0.29) is 6.42 Å². The number of rotatable bonds is 5. The van der Waals surface area contributed by atoms with Crippen LogP contribution in [0.3, 0.4) is 0 Å². The molecule has 1 aromatic rings. The Labute approximate surface area is 99.5 Å². The number of nitrogens with zero attached hydrogens (tertiary/aromatic N) is 2. The molecular formula is C11H14N4O2. The zero-order chi connectivity index (χ0) is 12.7. The van der Waals surface area contributed by atoms with E-state index in [1.165, 1.54) is 0 Å². The summed E-state index contributed by atoms with van der Waals surface area (Å²) in [7, 11) is 1.85. The van der Waals surface area contributed by atoms with Crippen molar-refractivity contribution < 1.29 is 9.63 Å². The van der Waals surface area contributed by atoms with Crippen LogP contribution in [0.15, 0.2) is 24.3 Å². The van der Waals surface area contributed by atoms with Crippen molar-refractivity contribution in [2.45, 2.75) is 6.42 Å². The second-order valence-corrected chi connectivity index (χ2v) is 3.42. The van der Waals surface area contributed by atoms with Gasteiger partial charge in [0.2, 0.25) is 0 Å². The van der Waals surface area contributed by atoms with Crippen LogP contribution in [0.25, 0.3) is 0 Å². The van der Waals surface area contributed by atoms with Gasteiger partial charge in [-0.2, -0.15) is 5.26 Å². The van der Waals surface area contributed by atoms with E-state index >= 15 is 0 Å². The number of anilines is 1. The number of carbonyl (C=O) groups excluding carboxylic acids is 1. The second kappa shape index (κ2) is 6.48. The zero-order valence-corrected chi connectivity index (χ0v) is 9.51. The molecule has 0 atom stereocenters. The summed E-state index contributed by atoms with van der Waals surface area (Å²) in [6.07, 6.45) is 0.223. The predicted octanol–water partition coefficient (Wildman–Crippen LogP) is 0.306. The first-order valence-corrected chi connectivity index (χ1v) is 5.04. The fraction of sp³-hybridized carbons (Fsp3) is 0.273. The van der Waals surface area contributed by atoms with E-state index in [2.05, 4.69) is 4.84 Å². The highest BCUT2D eigenvalue weighted by molar-refractivity contribution is 5.69. The summed E-state index contributed by atoms with van der Waals surface area (Å²) in [6.45, 7) is 0.506. The van der Waals surface area contributed by atoms with Crippen LogP contribution in [0.2, 0.25) is 0 Å². The first kappa shape index (κ1) is 13.0. The fourth-order valence-electron chi connectivity index (χ4n) is 1.30. The maximum Gasteiger partial charge on any atom is 0.328 e. The third kappa shape index (κ3) is 4.10. The molecule has 0 aliphatic heterocycles. The molecule has 6 nitrogen and oxygen atoms in total. The van der Waals surface area contributed by atoms with Crippen molar-refractivity contribution in [1.82, 2.24) is 5.59 Å². The Bertz CT molecular complexity index is 410. The molecule has 0 aliphatic rings. The van der Waals surface area contributed by atoms with E-state index in [1.54, 1.807) is 12.1 Å². The number of nitrogens with two attached hydrogens (primary N) is 1. The summed E-state index contributed by atoms with van der Waals surface area (Å²) >= 11 is 0.